The van der Waals surface area contributed by atoms with E-state index in [2.05, 4.69) is 9.97 Å². The molecule has 0 aliphatic heterocycles. The minimum absolute atomic E-state index is 0.0713. The van der Waals surface area contributed by atoms with Crippen LogP contribution in [0.25, 0.3) is 45.2 Å². The third-order valence-electron chi connectivity index (χ3n) is 6.68. The van der Waals surface area contributed by atoms with Crippen molar-refractivity contribution in [2.75, 3.05) is 0 Å². The number of fused-ring (bicyclic) bond motifs is 3. The maximum Gasteiger partial charge on any atom is 0.197 e. The third kappa shape index (κ3) is 3.16. The van der Waals surface area contributed by atoms with Crippen molar-refractivity contribution < 1.29 is 9.59 Å². The summed E-state index contributed by atoms with van der Waals surface area (Å²) in [6.07, 6.45) is 6.28. The average Bonchev–Trinajstić information content (AvgIpc) is 3.53. The summed E-state index contributed by atoms with van der Waals surface area (Å²) in [6.45, 7) is 0. The van der Waals surface area contributed by atoms with E-state index < -0.39 is 0 Å². The van der Waals surface area contributed by atoms with Gasteiger partial charge in [0.25, 0.3) is 0 Å². The van der Waals surface area contributed by atoms with Crippen molar-refractivity contribution in [3.8, 4) is 17.1 Å². The zero-order valence-corrected chi connectivity index (χ0v) is 19.7. The van der Waals surface area contributed by atoms with Crippen molar-refractivity contribution in [2.24, 2.45) is 7.05 Å². The molecule has 6 aromatic rings. The Bertz CT molecular complexity index is 1860. The molecule has 8 heteroatoms. The SMILES string of the molecule is Cn1c(-c2ccccc2)nc2c1nc(C=C1C(=O)c3cc4ccccc4cc3C1=O)n2-c1cncnc1. The number of benzene rings is 3. The average molecular weight is 483 g/mol. The summed E-state index contributed by atoms with van der Waals surface area (Å²) in [6, 6.07) is 21.1. The molecule has 8 nitrogen and oxygen atoms in total. The first-order valence-electron chi connectivity index (χ1n) is 11.7. The number of ketones is 2. The lowest BCUT2D eigenvalue weighted by Gasteiger charge is -2.05. The molecule has 3 aromatic carbocycles. The van der Waals surface area contributed by atoms with Crippen LogP contribution in [0, 0.1) is 0 Å². The molecule has 0 N–H and O–H groups in total. The Hall–Kier alpha value is -5.24. The van der Waals surface area contributed by atoms with Gasteiger partial charge in [0.1, 0.15) is 18.0 Å². The number of carbonyl (C=O) groups excluding carboxylic acids is 2. The van der Waals surface area contributed by atoms with E-state index in [1.165, 1.54) is 6.33 Å². The number of hydrogen-bond acceptors (Lipinski definition) is 6. The van der Waals surface area contributed by atoms with Gasteiger partial charge in [0.15, 0.2) is 22.9 Å². The summed E-state index contributed by atoms with van der Waals surface area (Å²) in [5, 5.41) is 1.82. The summed E-state index contributed by atoms with van der Waals surface area (Å²) in [5.74, 6) is 0.518. The number of Topliss-reactive ketones (excluding diaryl/α,β-unsaturated/α-hetero) is 2. The lowest BCUT2D eigenvalue weighted by Crippen LogP contribution is -2.05. The molecule has 0 bridgehead atoms. The Kier molecular flexibility index (Phi) is 4.49. The van der Waals surface area contributed by atoms with E-state index in [1.54, 1.807) is 35.2 Å². The molecule has 0 saturated carbocycles. The molecule has 7 rings (SSSR count). The Labute approximate surface area is 210 Å². The van der Waals surface area contributed by atoms with Crippen LogP contribution in [0.1, 0.15) is 26.5 Å². The number of rotatable bonds is 3. The first-order chi connectivity index (χ1) is 18.1. The van der Waals surface area contributed by atoms with Crippen LogP contribution < -0.4 is 0 Å². The van der Waals surface area contributed by atoms with Crippen molar-refractivity contribution in [1.29, 1.82) is 0 Å². The number of nitrogens with zero attached hydrogens (tertiary/aromatic N) is 6. The van der Waals surface area contributed by atoms with Gasteiger partial charge in [-0.3, -0.25) is 14.2 Å². The molecule has 0 spiro atoms. The van der Waals surface area contributed by atoms with Crippen LogP contribution in [0.15, 0.2) is 91.0 Å². The van der Waals surface area contributed by atoms with Crippen molar-refractivity contribution in [3.63, 3.8) is 0 Å². The fourth-order valence-electron chi connectivity index (χ4n) is 4.89. The van der Waals surface area contributed by atoms with Gasteiger partial charge in [-0.1, -0.05) is 54.6 Å². The Morgan fingerprint density at radius 3 is 2.03 bits per heavy atom. The van der Waals surface area contributed by atoms with Crippen molar-refractivity contribution in [2.45, 2.75) is 0 Å². The van der Waals surface area contributed by atoms with Crippen molar-refractivity contribution in [1.82, 2.24) is 29.1 Å². The zero-order chi connectivity index (χ0) is 25.1. The van der Waals surface area contributed by atoms with E-state index in [1.807, 2.05) is 66.2 Å². The van der Waals surface area contributed by atoms with Gasteiger partial charge in [0.05, 0.1) is 23.7 Å². The third-order valence-corrected chi connectivity index (χ3v) is 6.68. The highest BCUT2D eigenvalue weighted by atomic mass is 16.2. The molecule has 37 heavy (non-hydrogen) atoms. The number of aryl methyl sites for hydroxylation is 1. The molecule has 0 atom stereocenters. The largest absolute Gasteiger partial charge is 0.310 e. The maximum atomic E-state index is 13.4. The molecule has 1 aliphatic carbocycles. The molecule has 0 saturated heterocycles. The molecule has 176 valence electrons. The van der Waals surface area contributed by atoms with Gasteiger partial charge >= 0.3 is 0 Å². The van der Waals surface area contributed by atoms with Crippen LogP contribution in [0.3, 0.4) is 0 Å². The molecule has 3 heterocycles. The molecule has 0 amide bonds. The fourth-order valence-corrected chi connectivity index (χ4v) is 4.89. The second kappa shape index (κ2) is 7.89. The van der Waals surface area contributed by atoms with Crippen LogP contribution >= 0.6 is 0 Å². The Balaban J connectivity index is 1.43. The molecule has 3 aromatic heterocycles. The summed E-state index contributed by atoms with van der Waals surface area (Å²) in [4.78, 5) is 44.8. The first kappa shape index (κ1) is 21.1. The van der Waals surface area contributed by atoms with Crippen molar-refractivity contribution in [3.05, 3.63) is 108 Å². The van der Waals surface area contributed by atoms with E-state index in [0.29, 0.717) is 33.9 Å². The molecule has 0 fully saturated rings. The van der Waals surface area contributed by atoms with Gasteiger partial charge < -0.3 is 4.57 Å². The summed E-state index contributed by atoms with van der Waals surface area (Å²) in [5.41, 5.74) is 3.63. The summed E-state index contributed by atoms with van der Waals surface area (Å²) >= 11 is 0. The standard InChI is InChI=1S/C29H18N6O2/c1-34-27(17-7-3-2-4-8-17)33-29-28(34)32-24(35(29)20-14-30-16-31-15-20)13-23-25(36)21-11-18-9-5-6-10-19(18)12-22(21)26(23)37/h2-16H,1H3. The van der Waals surface area contributed by atoms with E-state index in [0.717, 1.165) is 22.2 Å². The maximum absolute atomic E-state index is 13.4. The minimum Gasteiger partial charge on any atom is -0.310 e. The topological polar surface area (TPSA) is 95.6 Å². The van der Waals surface area contributed by atoms with Gasteiger partial charge in [-0.25, -0.2) is 19.9 Å². The van der Waals surface area contributed by atoms with Gasteiger partial charge in [-0.15, -0.1) is 0 Å². The molecular weight excluding hydrogens is 464 g/mol. The van der Waals surface area contributed by atoms with Crippen LogP contribution in [0.2, 0.25) is 0 Å². The van der Waals surface area contributed by atoms with E-state index in [9.17, 15) is 9.59 Å². The number of allylic oxidation sites excluding steroid dienone is 1. The monoisotopic (exact) mass is 482 g/mol. The van der Waals surface area contributed by atoms with Crippen molar-refractivity contribution >= 4 is 39.7 Å². The predicted molar refractivity (Wildman–Crippen MR) is 139 cm³/mol. The number of aromatic nitrogens is 6. The summed E-state index contributed by atoms with van der Waals surface area (Å²) < 4.78 is 3.67. The highest BCUT2D eigenvalue weighted by Gasteiger charge is 2.34. The van der Waals surface area contributed by atoms with E-state index >= 15 is 0 Å². The summed E-state index contributed by atoms with van der Waals surface area (Å²) in [7, 11) is 1.89. The number of hydrogen-bond donors (Lipinski definition) is 0. The van der Waals surface area contributed by atoms with Crippen LogP contribution in [-0.2, 0) is 7.05 Å². The highest BCUT2D eigenvalue weighted by Crippen LogP contribution is 2.33. The molecule has 0 radical (unpaired) electrons. The van der Waals surface area contributed by atoms with Gasteiger partial charge in [-0.2, -0.15) is 0 Å². The Morgan fingerprint density at radius 1 is 0.757 bits per heavy atom. The minimum atomic E-state index is -0.313. The van der Waals surface area contributed by atoms with Gasteiger partial charge in [0.2, 0.25) is 0 Å². The fraction of sp³-hybridized carbons (Fsp3) is 0.0345. The van der Waals surface area contributed by atoms with Crippen LogP contribution in [0.5, 0.6) is 0 Å². The predicted octanol–water partition coefficient (Wildman–Crippen LogP) is 4.83. The van der Waals surface area contributed by atoms with E-state index in [4.69, 9.17) is 9.97 Å². The lowest BCUT2D eigenvalue weighted by molar-refractivity contribution is 0.0990. The Morgan fingerprint density at radius 2 is 1.38 bits per heavy atom. The van der Waals surface area contributed by atoms with Crippen LogP contribution in [0.4, 0.5) is 0 Å². The smallest absolute Gasteiger partial charge is 0.197 e. The van der Waals surface area contributed by atoms with E-state index in [-0.39, 0.29) is 17.1 Å². The first-order valence-corrected chi connectivity index (χ1v) is 11.7. The lowest BCUT2D eigenvalue weighted by atomic mass is 10.0. The zero-order valence-electron chi connectivity index (χ0n) is 19.7. The van der Waals surface area contributed by atoms with Gasteiger partial charge in [0, 0.05) is 23.7 Å². The second-order valence-electron chi connectivity index (χ2n) is 8.87. The normalized spacial score (nSPS) is 13.1. The quantitative estimate of drug-likeness (QED) is 0.265. The molecule has 0 unspecified atom stereocenters. The van der Waals surface area contributed by atoms with Crippen LogP contribution in [-0.4, -0.2) is 40.6 Å². The number of carbonyl (C=O) groups is 2. The number of imidazole rings is 2. The highest BCUT2D eigenvalue weighted by molar-refractivity contribution is 6.42. The molecule has 1 aliphatic rings. The second-order valence-corrected chi connectivity index (χ2v) is 8.87. The van der Waals surface area contributed by atoms with Gasteiger partial charge in [-0.05, 0) is 29.0 Å². The molecular formula is C29H18N6O2.